The zero-order chi connectivity index (χ0) is 30.1. The largest absolute Gasteiger partial charge is 0.332 e. The van der Waals surface area contributed by atoms with E-state index < -0.39 is 0 Å². The highest BCUT2D eigenvalue weighted by Gasteiger charge is 2.24. The van der Waals surface area contributed by atoms with Crippen LogP contribution in [0.4, 0.5) is 0 Å². The first-order chi connectivity index (χ1) is 20.7. The lowest BCUT2D eigenvalue weighted by atomic mass is 9.92. The van der Waals surface area contributed by atoms with Crippen molar-refractivity contribution in [1.29, 1.82) is 0 Å². The molecule has 0 bridgehead atoms. The molecule has 3 heterocycles. The number of aryl methyl sites for hydroxylation is 2. The molecule has 10 nitrogen and oxygen atoms in total. The van der Waals surface area contributed by atoms with Crippen LogP contribution >= 0.6 is 0 Å². The van der Waals surface area contributed by atoms with E-state index >= 15 is 0 Å². The van der Waals surface area contributed by atoms with Crippen molar-refractivity contribution in [2.75, 3.05) is 0 Å². The minimum atomic E-state index is -0.356. The van der Waals surface area contributed by atoms with Crippen LogP contribution in [0.2, 0.25) is 0 Å². The van der Waals surface area contributed by atoms with Crippen LogP contribution in [0.5, 0.6) is 0 Å². The van der Waals surface area contributed by atoms with E-state index in [1.165, 1.54) is 4.57 Å². The molecule has 1 N–H and O–H groups in total. The molecule has 0 unspecified atom stereocenters. The number of tetrazole rings is 1. The van der Waals surface area contributed by atoms with Crippen molar-refractivity contribution in [2.24, 2.45) is 12.5 Å². The molecule has 0 aliphatic heterocycles. The van der Waals surface area contributed by atoms with Crippen LogP contribution in [0.1, 0.15) is 37.7 Å². The minimum Gasteiger partial charge on any atom is -0.318 e. The van der Waals surface area contributed by atoms with Crippen LogP contribution in [0.3, 0.4) is 0 Å². The smallest absolute Gasteiger partial charge is 0.318 e. The summed E-state index contributed by atoms with van der Waals surface area (Å²) in [5.41, 5.74) is 5.13. The van der Waals surface area contributed by atoms with Crippen LogP contribution in [-0.2, 0) is 33.0 Å². The maximum atomic E-state index is 13.6. The van der Waals surface area contributed by atoms with Gasteiger partial charge in [-0.25, -0.2) is 9.78 Å². The monoisotopic (exact) mass is 574 g/mol. The fourth-order valence-corrected chi connectivity index (χ4v) is 5.45. The van der Waals surface area contributed by atoms with Crippen molar-refractivity contribution in [2.45, 2.75) is 46.7 Å². The molecule has 6 rings (SSSR count). The summed E-state index contributed by atoms with van der Waals surface area (Å²) in [5, 5.41) is 14.5. The predicted molar refractivity (Wildman–Crippen MR) is 167 cm³/mol. The lowest BCUT2D eigenvalue weighted by molar-refractivity contribution is 0.394. The van der Waals surface area contributed by atoms with E-state index in [4.69, 9.17) is 4.98 Å². The van der Waals surface area contributed by atoms with Gasteiger partial charge in [0.2, 0.25) is 5.82 Å². The predicted octanol–water partition coefficient (Wildman–Crippen LogP) is 4.62. The number of hydrogen-bond donors (Lipinski definition) is 1. The number of aromatic nitrogens is 8. The molecular formula is C33H34N8O2. The van der Waals surface area contributed by atoms with Gasteiger partial charge in [-0.1, -0.05) is 99.6 Å². The van der Waals surface area contributed by atoms with Crippen LogP contribution < -0.4 is 11.2 Å². The highest BCUT2D eigenvalue weighted by Crippen LogP contribution is 2.30. The van der Waals surface area contributed by atoms with Crippen LogP contribution in [0.15, 0.2) is 88.5 Å². The number of nitrogens with one attached hydrogen (secondary N) is 1. The Hall–Kier alpha value is -5.12. The van der Waals surface area contributed by atoms with Gasteiger partial charge in [-0.2, -0.15) is 5.21 Å². The molecule has 10 heteroatoms. The first kappa shape index (κ1) is 28.0. The number of hydrogen-bond acceptors (Lipinski definition) is 6. The van der Waals surface area contributed by atoms with Gasteiger partial charge >= 0.3 is 5.69 Å². The molecule has 0 amide bonds. The van der Waals surface area contributed by atoms with Crippen LogP contribution in [0, 0.1) is 5.41 Å². The normalized spacial score (nSPS) is 11.8. The van der Waals surface area contributed by atoms with E-state index in [0.717, 1.165) is 33.6 Å². The molecule has 0 saturated heterocycles. The molecule has 0 aliphatic rings. The third-order valence-electron chi connectivity index (χ3n) is 7.58. The van der Waals surface area contributed by atoms with E-state index in [1.54, 1.807) is 11.6 Å². The number of benzene rings is 3. The van der Waals surface area contributed by atoms with Crippen molar-refractivity contribution in [3.63, 3.8) is 0 Å². The zero-order valence-electron chi connectivity index (χ0n) is 24.8. The Morgan fingerprint density at radius 3 is 2.19 bits per heavy atom. The Kier molecular flexibility index (Phi) is 7.35. The summed E-state index contributed by atoms with van der Waals surface area (Å²) in [6.07, 6.45) is 1.30. The van der Waals surface area contributed by atoms with Gasteiger partial charge in [-0.3, -0.25) is 13.9 Å². The fourth-order valence-electron chi connectivity index (χ4n) is 5.45. The summed E-state index contributed by atoms with van der Waals surface area (Å²) < 4.78 is 4.83. The molecular weight excluding hydrogens is 540 g/mol. The van der Waals surface area contributed by atoms with E-state index in [-0.39, 0.29) is 16.7 Å². The van der Waals surface area contributed by atoms with Gasteiger partial charge in [-0.15, -0.1) is 10.2 Å². The number of rotatable bonds is 8. The first-order valence-corrected chi connectivity index (χ1v) is 14.3. The van der Waals surface area contributed by atoms with E-state index in [1.807, 2.05) is 59.2 Å². The molecule has 0 aliphatic carbocycles. The summed E-state index contributed by atoms with van der Waals surface area (Å²) in [7, 11) is 1.54. The van der Waals surface area contributed by atoms with Crippen LogP contribution in [-0.4, -0.2) is 39.3 Å². The van der Waals surface area contributed by atoms with Gasteiger partial charge in [0.1, 0.15) is 5.82 Å². The zero-order valence-corrected chi connectivity index (χ0v) is 24.8. The summed E-state index contributed by atoms with van der Waals surface area (Å²) in [5.74, 6) is 1.32. The molecule has 3 aromatic heterocycles. The standard InChI is InChI=1S/C33H34N8O2/c1-33(2,3)20-27-34-30-28(31(42)39(4)32(43)40(30)19-18-22-10-6-5-7-11-22)41(27)21-23-14-16-24(17-15-23)25-12-8-9-13-26(25)29-35-37-38-36-29/h5-17H,18-21H2,1-4H3,(H,35,36,37,38). The number of H-pyrrole nitrogens is 1. The van der Waals surface area contributed by atoms with E-state index in [9.17, 15) is 9.59 Å². The Bertz CT molecular complexity index is 2000. The number of imidazole rings is 1. The molecule has 218 valence electrons. The van der Waals surface area contributed by atoms with Gasteiger partial charge < -0.3 is 4.57 Å². The van der Waals surface area contributed by atoms with Gasteiger partial charge in [0.05, 0.1) is 0 Å². The van der Waals surface area contributed by atoms with Crippen molar-refractivity contribution < 1.29 is 0 Å². The number of fused-ring (bicyclic) bond motifs is 1. The average molecular weight is 575 g/mol. The van der Waals surface area contributed by atoms with Gasteiger partial charge in [-0.05, 0) is 39.3 Å². The Morgan fingerprint density at radius 2 is 1.51 bits per heavy atom. The maximum Gasteiger partial charge on any atom is 0.332 e. The third kappa shape index (κ3) is 5.68. The average Bonchev–Trinajstić information content (AvgIpc) is 3.65. The molecule has 6 aromatic rings. The summed E-state index contributed by atoms with van der Waals surface area (Å²) in [6, 6.07) is 26.2. The second kappa shape index (κ2) is 11.3. The Balaban J connectivity index is 1.41. The highest BCUT2D eigenvalue weighted by molar-refractivity contribution is 5.80. The highest BCUT2D eigenvalue weighted by atomic mass is 16.2. The second-order valence-corrected chi connectivity index (χ2v) is 12.0. The minimum absolute atomic E-state index is 0.0811. The lowest BCUT2D eigenvalue weighted by Crippen LogP contribution is -2.39. The van der Waals surface area contributed by atoms with Crippen LogP contribution in [0.25, 0.3) is 33.7 Å². The lowest BCUT2D eigenvalue weighted by Gasteiger charge is -2.19. The SMILES string of the molecule is Cn1c(=O)c2c(nc(CC(C)(C)C)n2Cc2ccc(-c3ccccc3-c3nn[nH]n3)cc2)n(CCc2ccccc2)c1=O. The van der Waals surface area contributed by atoms with E-state index in [2.05, 4.69) is 65.7 Å². The summed E-state index contributed by atoms with van der Waals surface area (Å²) in [4.78, 5) is 31.9. The Labute approximate surface area is 248 Å². The topological polar surface area (TPSA) is 116 Å². The van der Waals surface area contributed by atoms with Crippen molar-refractivity contribution in [1.82, 2.24) is 39.3 Å². The first-order valence-electron chi connectivity index (χ1n) is 14.3. The molecule has 0 saturated carbocycles. The van der Waals surface area contributed by atoms with Crippen molar-refractivity contribution >= 4 is 11.2 Å². The van der Waals surface area contributed by atoms with E-state index in [0.29, 0.717) is 42.9 Å². The molecule has 3 aromatic carbocycles. The molecule has 0 fully saturated rings. The number of nitrogens with zero attached hydrogens (tertiary/aromatic N) is 7. The summed E-state index contributed by atoms with van der Waals surface area (Å²) >= 11 is 0. The molecule has 0 spiro atoms. The quantitative estimate of drug-likeness (QED) is 0.284. The summed E-state index contributed by atoms with van der Waals surface area (Å²) in [6.45, 7) is 7.31. The molecule has 0 radical (unpaired) electrons. The molecule has 0 atom stereocenters. The fraction of sp³-hybridized carbons (Fsp3) is 0.273. The van der Waals surface area contributed by atoms with Crippen molar-refractivity contribution in [3.05, 3.63) is 117 Å². The van der Waals surface area contributed by atoms with Crippen molar-refractivity contribution in [3.8, 4) is 22.5 Å². The third-order valence-corrected chi connectivity index (χ3v) is 7.58. The maximum absolute atomic E-state index is 13.6. The van der Waals surface area contributed by atoms with Gasteiger partial charge in [0, 0.05) is 32.1 Å². The van der Waals surface area contributed by atoms with Gasteiger partial charge in [0.15, 0.2) is 11.2 Å². The van der Waals surface area contributed by atoms with Gasteiger partial charge in [0.25, 0.3) is 5.56 Å². The molecule has 43 heavy (non-hydrogen) atoms. The Morgan fingerprint density at radius 1 is 0.814 bits per heavy atom. The number of aromatic amines is 1. The second-order valence-electron chi connectivity index (χ2n) is 12.0.